The second kappa shape index (κ2) is 6.76. The molecule has 0 spiro atoms. The maximum atomic E-state index is 11.7. The number of amides is 1. The molecule has 5 heteroatoms. The fraction of sp³-hybridized carbons (Fsp3) is 0.385. The maximum Gasteiger partial charge on any atom is 0.335 e. The van der Waals surface area contributed by atoms with Gasteiger partial charge in [-0.2, -0.15) is 0 Å². The van der Waals surface area contributed by atoms with Crippen LogP contribution in [0.4, 0.5) is 5.69 Å². The average Bonchev–Trinajstić information content (AvgIpc) is 2.36. The fourth-order valence-corrected chi connectivity index (χ4v) is 1.58. The number of nitrogens with one attached hydrogen (secondary N) is 1. The minimum Gasteiger partial charge on any atom is -0.478 e. The van der Waals surface area contributed by atoms with Crippen LogP contribution < -0.4 is 5.32 Å². The van der Waals surface area contributed by atoms with E-state index >= 15 is 0 Å². The minimum absolute atomic E-state index is 0.138. The van der Waals surface area contributed by atoms with Gasteiger partial charge >= 0.3 is 5.97 Å². The van der Waals surface area contributed by atoms with E-state index in [1.807, 2.05) is 18.7 Å². The number of aromatic carboxylic acids is 1. The number of benzene rings is 1. The van der Waals surface area contributed by atoms with Crippen LogP contribution in [-0.2, 0) is 4.79 Å². The summed E-state index contributed by atoms with van der Waals surface area (Å²) in [7, 11) is 0. The monoisotopic (exact) mass is 250 g/mol. The number of carbonyl (C=O) groups is 2. The van der Waals surface area contributed by atoms with Crippen LogP contribution in [0.15, 0.2) is 24.3 Å². The molecule has 0 atom stereocenters. The standard InChI is InChI=1S/C13H18N2O3/c1-3-15(4-2)9-12(16)14-11-7-5-6-10(8-11)13(17)18/h5-8H,3-4,9H2,1-2H3,(H,14,16)(H,17,18). The SMILES string of the molecule is CCN(CC)CC(=O)Nc1cccc(C(=O)O)c1. The second-order valence-electron chi connectivity index (χ2n) is 3.90. The molecular formula is C13H18N2O3. The lowest BCUT2D eigenvalue weighted by Crippen LogP contribution is -2.32. The molecule has 0 heterocycles. The lowest BCUT2D eigenvalue weighted by molar-refractivity contribution is -0.117. The third kappa shape index (κ3) is 4.18. The summed E-state index contributed by atoms with van der Waals surface area (Å²) in [6, 6.07) is 6.22. The summed E-state index contributed by atoms with van der Waals surface area (Å²) in [6.45, 7) is 5.89. The van der Waals surface area contributed by atoms with Gasteiger partial charge in [-0.1, -0.05) is 19.9 Å². The lowest BCUT2D eigenvalue weighted by atomic mass is 10.2. The van der Waals surface area contributed by atoms with Crippen LogP contribution >= 0.6 is 0 Å². The van der Waals surface area contributed by atoms with E-state index in [9.17, 15) is 9.59 Å². The Morgan fingerprint density at radius 1 is 1.28 bits per heavy atom. The van der Waals surface area contributed by atoms with Gasteiger partial charge in [0.1, 0.15) is 0 Å². The van der Waals surface area contributed by atoms with Crippen LogP contribution in [-0.4, -0.2) is 41.5 Å². The van der Waals surface area contributed by atoms with Crippen molar-refractivity contribution in [2.24, 2.45) is 0 Å². The molecule has 1 rings (SSSR count). The van der Waals surface area contributed by atoms with Gasteiger partial charge in [-0.15, -0.1) is 0 Å². The number of hydrogen-bond donors (Lipinski definition) is 2. The highest BCUT2D eigenvalue weighted by atomic mass is 16.4. The molecule has 1 aromatic carbocycles. The van der Waals surface area contributed by atoms with Crippen molar-refractivity contribution in [1.29, 1.82) is 0 Å². The van der Waals surface area contributed by atoms with Crippen molar-refractivity contribution in [3.05, 3.63) is 29.8 Å². The van der Waals surface area contributed by atoms with Gasteiger partial charge in [0.2, 0.25) is 5.91 Å². The van der Waals surface area contributed by atoms with E-state index in [0.29, 0.717) is 12.2 Å². The Hall–Kier alpha value is -1.88. The predicted molar refractivity (Wildman–Crippen MR) is 69.8 cm³/mol. The second-order valence-corrected chi connectivity index (χ2v) is 3.90. The molecule has 0 aliphatic heterocycles. The number of carboxylic acids is 1. The first-order valence-corrected chi connectivity index (χ1v) is 5.92. The first-order chi connectivity index (χ1) is 8.56. The molecule has 1 amide bonds. The molecule has 0 unspecified atom stereocenters. The van der Waals surface area contributed by atoms with Gasteiger partial charge < -0.3 is 10.4 Å². The molecular weight excluding hydrogens is 232 g/mol. The number of hydrogen-bond acceptors (Lipinski definition) is 3. The third-order valence-corrected chi connectivity index (χ3v) is 2.65. The number of rotatable bonds is 6. The van der Waals surface area contributed by atoms with Crippen molar-refractivity contribution >= 4 is 17.6 Å². The van der Waals surface area contributed by atoms with Crippen LogP contribution in [0.25, 0.3) is 0 Å². The van der Waals surface area contributed by atoms with E-state index in [1.165, 1.54) is 12.1 Å². The van der Waals surface area contributed by atoms with Crippen molar-refractivity contribution in [2.75, 3.05) is 25.0 Å². The van der Waals surface area contributed by atoms with Gasteiger partial charge in [-0.05, 0) is 31.3 Å². The van der Waals surface area contributed by atoms with Crippen LogP contribution in [0.2, 0.25) is 0 Å². The first kappa shape index (κ1) is 14.2. The number of anilines is 1. The molecule has 0 aliphatic rings. The quantitative estimate of drug-likeness (QED) is 0.805. The predicted octanol–water partition coefficient (Wildman–Crippen LogP) is 1.67. The molecule has 0 radical (unpaired) electrons. The van der Waals surface area contributed by atoms with Crippen molar-refractivity contribution in [3.63, 3.8) is 0 Å². The van der Waals surface area contributed by atoms with Gasteiger partial charge in [0, 0.05) is 5.69 Å². The number of carboxylic acid groups (broad SMARTS) is 1. The minimum atomic E-state index is -1.00. The normalized spacial score (nSPS) is 10.4. The Morgan fingerprint density at radius 3 is 2.50 bits per heavy atom. The Labute approximate surface area is 106 Å². The molecule has 0 aliphatic carbocycles. The van der Waals surface area contributed by atoms with Crippen LogP contribution in [0.5, 0.6) is 0 Å². The van der Waals surface area contributed by atoms with Gasteiger partial charge in [0.05, 0.1) is 12.1 Å². The molecule has 0 aromatic heterocycles. The van der Waals surface area contributed by atoms with Gasteiger partial charge in [-0.25, -0.2) is 4.79 Å². The van der Waals surface area contributed by atoms with Gasteiger partial charge in [0.15, 0.2) is 0 Å². The van der Waals surface area contributed by atoms with E-state index in [4.69, 9.17) is 5.11 Å². The van der Waals surface area contributed by atoms with Crippen LogP contribution in [0, 0.1) is 0 Å². The Kier molecular flexibility index (Phi) is 5.32. The zero-order valence-corrected chi connectivity index (χ0v) is 10.6. The number of nitrogens with zero attached hydrogens (tertiary/aromatic N) is 1. The van der Waals surface area contributed by atoms with E-state index in [1.54, 1.807) is 12.1 Å². The van der Waals surface area contributed by atoms with Crippen molar-refractivity contribution < 1.29 is 14.7 Å². The van der Waals surface area contributed by atoms with Gasteiger partial charge in [-0.3, -0.25) is 9.69 Å². The summed E-state index contributed by atoms with van der Waals surface area (Å²) in [5.41, 5.74) is 0.669. The first-order valence-electron chi connectivity index (χ1n) is 5.92. The number of carbonyl (C=O) groups excluding carboxylic acids is 1. The summed E-state index contributed by atoms with van der Waals surface area (Å²) in [5.74, 6) is -1.14. The highest BCUT2D eigenvalue weighted by Gasteiger charge is 2.09. The highest BCUT2D eigenvalue weighted by molar-refractivity contribution is 5.94. The molecule has 2 N–H and O–H groups in total. The largest absolute Gasteiger partial charge is 0.478 e. The Morgan fingerprint density at radius 2 is 1.94 bits per heavy atom. The zero-order chi connectivity index (χ0) is 13.5. The van der Waals surface area contributed by atoms with Crippen LogP contribution in [0.1, 0.15) is 24.2 Å². The summed E-state index contributed by atoms with van der Waals surface area (Å²) in [6.07, 6.45) is 0. The zero-order valence-electron chi connectivity index (χ0n) is 10.6. The highest BCUT2D eigenvalue weighted by Crippen LogP contribution is 2.10. The summed E-state index contributed by atoms with van der Waals surface area (Å²) < 4.78 is 0. The fourth-order valence-electron chi connectivity index (χ4n) is 1.58. The summed E-state index contributed by atoms with van der Waals surface area (Å²) >= 11 is 0. The molecule has 0 saturated heterocycles. The molecule has 18 heavy (non-hydrogen) atoms. The molecule has 0 saturated carbocycles. The summed E-state index contributed by atoms with van der Waals surface area (Å²) in [4.78, 5) is 24.5. The van der Waals surface area contributed by atoms with Crippen LogP contribution in [0.3, 0.4) is 0 Å². The number of likely N-dealkylation sites (N-methyl/N-ethyl adjacent to an activating group) is 1. The van der Waals surface area contributed by atoms with Crippen molar-refractivity contribution in [2.45, 2.75) is 13.8 Å². The molecule has 0 bridgehead atoms. The molecule has 98 valence electrons. The van der Waals surface area contributed by atoms with Crippen molar-refractivity contribution in [3.8, 4) is 0 Å². The lowest BCUT2D eigenvalue weighted by Gasteiger charge is -2.17. The maximum absolute atomic E-state index is 11.7. The Bertz CT molecular complexity index is 428. The van der Waals surface area contributed by atoms with E-state index in [0.717, 1.165) is 13.1 Å². The smallest absolute Gasteiger partial charge is 0.335 e. The molecule has 0 fully saturated rings. The average molecular weight is 250 g/mol. The molecule has 1 aromatic rings. The molecule has 5 nitrogen and oxygen atoms in total. The van der Waals surface area contributed by atoms with E-state index in [-0.39, 0.29) is 11.5 Å². The Balaban J connectivity index is 2.64. The van der Waals surface area contributed by atoms with Crippen molar-refractivity contribution in [1.82, 2.24) is 4.90 Å². The third-order valence-electron chi connectivity index (χ3n) is 2.65. The topological polar surface area (TPSA) is 69.6 Å². The van der Waals surface area contributed by atoms with E-state index < -0.39 is 5.97 Å². The van der Waals surface area contributed by atoms with E-state index in [2.05, 4.69) is 5.32 Å². The summed E-state index contributed by atoms with van der Waals surface area (Å²) in [5, 5.41) is 11.5. The van der Waals surface area contributed by atoms with Gasteiger partial charge in [0.25, 0.3) is 0 Å².